The van der Waals surface area contributed by atoms with E-state index in [0.29, 0.717) is 12.0 Å². The Morgan fingerprint density at radius 2 is 1.83 bits per heavy atom. The fourth-order valence-electron chi connectivity index (χ4n) is 2.55. The molecule has 0 aliphatic carbocycles. The monoisotopic (exact) mass is 311 g/mol. The zero-order valence-electron chi connectivity index (χ0n) is 12.0. The van der Waals surface area contributed by atoms with Crippen LogP contribution in [0.3, 0.4) is 0 Å². The van der Waals surface area contributed by atoms with E-state index in [-0.39, 0.29) is 0 Å². The standard InChI is InChI=1S/C16H26BrN/c1-5-18-16(13(4)10-12(2)3)11-14-8-6-7-9-15(14)17/h6-9,12-13,16,18H,5,10-11H2,1-4H3. The first-order valence-corrected chi connectivity index (χ1v) is 7.80. The lowest BCUT2D eigenvalue weighted by Crippen LogP contribution is -2.37. The maximum absolute atomic E-state index is 3.65. The lowest BCUT2D eigenvalue weighted by atomic mass is 9.88. The van der Waals surface area contributed by atoms with Gasteiger partial charge < -0.3 is 5.32 Å². The van der Waals surface area contributed by atoms with Gasteiger partial charge in [-0.25, -0.2) is 0 Å². The zero-order chi connectivity index (χ0) is 13.5. The van der Waals surface area contributed by atoms with E-state index in [1.54, 1.807) is 0 Å². The number of likely N-dealkylation sites (N-methyl/N-ethyl adjacent to an activating group) is 1. The maximum Gasteiger partial charge on any atom is 0.0207 e. The zero-order valence-corrected chi connectivity index (χ0v) is 13.6. The molecule has 0 saturated carbocycles. The van der Waals surface area contributed by atoms with E-state index in [0.717, 1.165) is 18.9 Å². The lowest BCUT2D eigenvalue weighted by molar-refractivity contribution is 0.324. The topological polar surface area (TPSA) is 12.0 Å². The predicted molar refractivity (Wildman–Crippen MR) is 83.9 cm³/mol. The molecule has 0 spiro atoms. The van der Waals surface area contributed by atoms with Crippen LogP contribution in [-0.2, 0) is 6.42 Å². The van der Waals surface area contributed by atoms with Gasteiger partial charge in [-0.15, -0.1) is 0 Å². The van der Waals surface area contributed by atoms with Crippen LogP contribution < -0.4 is 5.32 Å². The molecule has 0 bridgehead atoms. The lowest BCUT2D eigenvalue weighted by Gasteiger charge is -2.26. The van der Waals surface area contributed by atoms with E-state index in [1.807, 2.05) is 0 Å². The molecular formula is C16H26BrN. The molecule has 1 nitrogen and oxygen atoms in total. The van der Waals surface area contributed by atoms with Crippen molar-refractivity contribution in [2.75, 3.05) is 6.54 Å². The minimum Gasteiger partial charge on any atom is -0.314 e. The molecular weight excluding hydrogens is 286 g/mol. The summed E-state index contributed by atoms with van der Waals surface area (Å²) in [6.45, 7) is 10.2. The number of hydrogen-bond donors (Lipinski definition) is 1. The van der Waals surface area contributed by atoms with Crippen molar-refractivity contribution in [1.29, 1.82) is 0 Å². The molecule has 1 aromatic rings. The van der Waals surface area contributed by atoms with Crippen LogP contribution in [0.4, 0.5) is 0 Å². The van der Waals surface area contributed by atoms with Crippen LogP contribution in [0.15, 0.2) is 28.7 Å². The van der Waals surface area contributed by atoms with Crippen molar-refractivity contribution in [2.24, 2.45) is 11.8 Å². The number of hydrogen-bond acceptors (Lipinski definition) is 1. The van der Waals surface area contributed by atoms with Gasteiger partial charge in [-0.05, 0) is 42.9 Å². The van der Waals surface area contributed by atoms with E-state index < -0.39 is 0 Å². The maximum atomic E-state index is 3.65. The van der Waals surface area contributed by atoms with Crippen molar-refractivity contribution in [3.05, 3.63) is 34.3 Å². The first-order chi connectivity index (χ1) is 8.54. The second-order valence-electron chi connectivity index (χ2n) is 5.57. The van der Waals surface area contributed by atoms with E-state index in [9.17, 15) is 0 Å². The molecule has 0 aromatic heterocycles. The molecule has 0 aliphatic heterocycles. The Balaban J connectivity index is 2.71. The molecule has 18 heavy (non-hydrogen) atoms. The fourth-order valence-corrected chi connectivity index (χ4v) is 2.99. The first-order valence-electron chi connectivity index (χ1n) is 7.01. The summed E-state index contributed by atoms with van der Waals surface area (Å²) in [5.74, 6) is 1.47. The van der Waals surface area contributed by atoms with Gasteiger partial charge in [-0.1, -0.05) is 61.8 Å². The molecule has 1 N–H and O–H groups in total. The third-order valence-electron chi connectivity index (χ3n) is 3.39. The van der Waals surface area contributed by atoms with Crippen LogP contribution in [0.1, 0.15) is 39.7 Å². The van der Waals surface area contributed by atoms with Crippen LogP contribution in [0.2, 0.25) is 0 Å². The molecule has 1 aromatic carbocycles. The molecule has 0 saturated heterocycles. The molecule has 0 heterocycles. The summed E-state index contributed by atoms with van der Waals surface area (Å²) >= 11 is 3.65. The minimum atomic E-state index is 0.566. The van der Waals surface area contributed by atoms with Gasteiger partial charge >= 0.3 is 0 Å². The van der Waals surface area contributed by atoms with Gasteiger partial charge in [0, 0.05) is 10.5 Å². The highest BCUT2D eigenvalue weighted by atomic mass is 79.9. The smallest absolute Gasteiger partial charge is 0.0207 e. The van der Waals surface area contributed by atoms with Gasteiger partial charge in [0.25, 0.3) is 0 Å². The Labute approximate surface area is 120 Å². The van der Waals surface area contributed by atoms with Gasteiger partial charge in [-0.3, -0.25) is 0 Å². The Bertz CT molecular complexity index is 349. The molecule has 0 radical (unpaired) electrons. The predicted octanol–water partition coefficient (Wildman–Crippen LogP) is 4.65. The third kappa shape index (κ3) is 5.11. The van der Waals surface area contributed by atoms with Crippen molar-refractivity contribution >= 4 is 15.9 Å². The largest absolute Gasteiger partial charge is 0.314 e. The van der Waals surface area contributed by atoms with Crippen molar-refractivity contribution in [3.63, 3.8) is 0 Å². The third-order valence-corrected chi connectivity index (χ3v) is 4.17. The molecule has 0 amide bonds. The van der Waals surface area contributed by atoms with E-state index in [1.165, 1.54) is 16.5 Å². The summed E-state index contributed by atoms with van der Waals surface area (Å²) in [6, 6.07) is 9.11. The normalized spacial score (nSPS) is 14.8. The Kier molecular flexibility index (Phi) is 6.95. The summed E-state index contributed by atoms with van der Waals surface area (Å²) in [7, 11) is 0. The van der Waals surface area contributed by atoms with Crippen molar-refractivity contribution in [1.82, 2.24) is 5.32 Å². The summed E-state index contributed by atoms with van der Waals surface area (Å²) in [6.07, 6.45) is 2.38. The van der Waals surface area contributed by atoms with Crippen LogP contribution in [0.25, 0.3) is 0 Å². The van der Waals surface area contributed by atoms with Crippen LogP contribution in [-0.4, -0.2) is 12.6 Å². The van der Waals surface area contributed by atoms with Crippen LogP contribution >= 0.6 is 15.9 Å². The number of benzene rings is 1. The van der Waals surface area contributed by atoms with Gasteiger partial charge in [0.05, 0.1) is 0 Å². The van der Waals surface area contributed by atoms with Gasteiger partial charge in [0.1, 0.15) is 0 Å². The van der Waals surface area contributed by atoms with Crippen LogP contribution in [0, 0.1) is 11.8 Å². The highest BCUT2D eigenvalue weighted by Crippen LogP contribution is 2.22. The number of halogens is 1. The Hall–Kier alpha value is -0.340. The van der Waals surface area contributed by atoms with Gasteiger partial charge in [0.2, 0.25) is 0 Å². The molecule has 1 rings (SSSR count). The quantitative estimate of drug-likeness (QED) is 0.772. The molecule has 2 atom stereocenters. The van der Waals surface area contributed by atoms with Crippen LogP contribution in [0.5, 0.6) is 0 Å². The van der Waals surface area contributed by atoms with Gasteiger partial charge in [0.15, 0.2) is 0 Å². The van der Waals surface area contributed by atoms with Crippen molar-refractivity contribution in [3.8, 4) is 0 Å². The summed E-state index contributed by atoms with van der Waals surface area (Å²) < 4.78 is 1.23. The SMILES string of the molecule is CCNC(Cc1ccccc1Br)C(C)CC(C)C. The Morgan fingerprint density at radius 1 is 1.17 bits per heavy atom. The summed E-state index contributed by atoms with van der Waals surface area (Å²) in [4.78, 5) is 0. The highest BCUT2D eigenvalue weighted by molar-refractivity contribution is 9.10. The number of nitrogens with one attached hydrogen (secondary N) is 1. The Morgan fingerprint density at radius 3 is 2.39 bits per heavy atom. The van der Waals surface area contributed by atoms with E-state index >= 15 is 0 Å². The summed E-state index contributed by atoms with van der Waals surface area (Å²) in [5.41, 5.74) is 1.40. The van der Waals surface area contributed by atoms with E-state index in [4.69, 9.17) is 0 Å². The first kappa shape index (κ1) is 15.7. The molecule has 2 heteroatoms. The molecule has 102 valence electrons. The second-order valence-corrected chi connectivity index (χ2v) is 6.42. The second kappa shape index (κ2) is 7.96. The highest BCUT2D eigenvalue weighted by Gasteiger charge is 2.18. The van der Waals surface area contributed by atoms with Crippen molar-refractivity contribution < 1.29 is 0 Å². The molecule has 0 fully saturated rings. The minimum absolute atomic E-state index is 0.566. The average Bonchev–Trinajstić information content (AvgIpc) is 2.30. The van der Waals surface area contributed by atoms with Crippen molar-refractivity contribution in [2.45, 2.75) is 46.6 Å². The molecule has 0 aliphatic rings. The average molecular weight is 312 g/mol. The number of rotatable bonds is 7. The van der Waals surface area contributed by atoms with Gasteiger partial charge in [-0.2, -0.15) is 0 Å². The summed E-state index contributed by atoms with van der Waals surface area (Å²) in [5, 5.41) is 3.64. The fraction of sp³-hybridized carbons (Fsp3) is 0.625. The molecule has 2 unspecified atom stereocenters. The van der Waals surface area contributed by atoms with E-state index in [2.05, 4.69) is 73.2 Å².